The number of ether oxygens (including phenoxy) is 3. The van der Waals surface area contributed by atoms with Gasteiger partial charge in [-0.2, -0.15) is 0 Å². The highest BCUT2D eigenvalue weighted by atomic mass is 32.2. The molecule has 2 aliphatic rings. The summed E-state index contributed by atoms with van der Waals surface area (Å²) in [5, 5.41) is 21.3. The van der Waals surface area contributed by atoms with Crippen LogP contribution in [0.4, 0.5) is 0 Å². The highest BCUT2D eigenvalue weighted by Gasteiger charge is 2.49. The maximum Gasteiger partial charge on any atom is 0.184 e. The molecule has 4 rings (SSSR count). The largest absolute Gasteiger partial charge is 0.387 e. The summed E-state index contributed by atoms with van der Waals surface area (Å²) < 4.78 is 17.8. The van der Waals surface area contributed by atoms with Crippen LogP contribution >= 0.6 is 11.8 Å². The molecule has 2 aromatic rings. The van der Waals surface area contributed by atoms with E-state index >= 15 is 0 Å². The lowest BCUT2D eigenvalue weighted by molar-refractivity contribution is -0.330. The highest BCUT2D eigenvalue weighted by Crippen LogP contribution is 2.39. The van der Waals surface area contributed by atoms with E-state index in [2.05, 4.69) is 0 Å². The molecule has 1 unspecified atom stereocenters. The van der Waals surface area contributed by atoms with Crippen LogP contribution in [0.2, 0.25) is 0 Å². The number of aliphatic hydroxyl groups is 2. The van der Waals surface area contributed by atoms with E-state index in [1.54, 1.807) is 11.8 Å². The molecule has 2 saturated heterocycles. The zero-order chi connectivity index (χ0) is 18.1. The predicted molar refractivity (Wildman–Crippen MR) is 97.9 cm³/mol. The first-order valence-corrected chi connectivity index (χ1v) is 9.87. The Morgan fingerprint density at radius 3 is 2.31 bits per heavy atom. The SMILES string of the molecule is CSc1ccc([C@@H]2O[C@@H]3COC(c4ccccc4)O[C@H]3[C@H](O)[C@H]2O)cc1. The number of aliphatic hydroxyl groups excluding tert-OH is 2. The van der Waals surface area contributed by atoms with Crippen LogP contribution in [0.1, 0.15) is 23.5 Å². The van der Waals surface area contributed by atoms with Crippen molar-refractivity contribution in [1.82, 2.24) is 0 Å². The molecule has 0 aliphatic carbocycles. The van der Waals surface area contributed by atoms with Gasteiger partial charge in [0.15, 0.2) is 6.29 Å². The molecule has 0 bridgehead atoms. The monoisotopic (exact) mass is 374 g/mol. The van der Waals surface area contributed by atoms with Gasteiger partial charge in [-0.05, 0) is 24.0 Å². The van der Waals surface area contributed by atoms with Crippen molar-refractivity contribution in [2.75, 3.05) is 12.9 Å². The topological polar surface area (TPSA) is 68.2 Å². The number of thioether (sulfide) groups is 1. The Balaban J connectivity index is 1.51. The van der Waals surface area contributed by atoms with Crippen molar-refractivity contribution in [3.05, 3.63) is 65.7 Å². The van der Waals surface area contributed by atoms with Crippen LogP contribution in [0.3, 0.4) is 0 Å². The fourth-order valence-corrected chi connectivity index (χ4v) is 3.87. The zero-order valence-electron chi connectivity index (χ0n) is 14.4. The van der Waals surface area contributed by atoms with Gasteiger partial charge < -0.3 is 24.4 Å². The first-order chi connectivity index (χ1) is 12.7. The molecule has 2 N–H and O–H groups in total. The predicted octanol–water partition coefficient (Wildman–Crippen LogP) is 2.68. The van der Waals surface area contributed by atoms with E-state index in [9.17, 15) is 10.2 Å². The van der Waals surface area contributed by atoms with E-state index < -0.39 is 36.8 Å². The smallest absolute Gasteiger partial charge is 0.184 e. The van der Waals surface area contributed by atoms with E-state index in [1.165, 1.54) is 0 Å². The van der Waals surface area contributed by atoms with E-state index in [4.69, 9.17) is 14.2 Å². The van der Waals surface area contributed by atoms with Crippen LogP contribution in [-0.4, -0.2) is 47.5 Å². The molecule has 0 saturated carbocycles. The second-order valence-corrected chi connectivity index (χ2v) is 7.41. The normalized spacial score (nSPS) is 34.3. The molecule has 26 heavy (non-hydrogen) atoms. The van der Waals surface area contributed by atoms with Gasteiger partial charge in [-0.15, -0.1) is 11.8 Å². The molecule has 2 fully saturated rings. The second-order valence-electron chi connectivity index (χ2n) is 6.53. The fraction of sp³-hybridized carbons (Fsp3) is 0.400. The molecule has 0 amide bonds. The average molecular weight is 374 g/mol. The van der Waals surface area contributed by atoms with Crippen molar-refractivity contribution < 1.29 is 24.4 Å². The summed E-state index contributed by atoms with van der Waals surface area (Å²) in [5.41, 5.74) is 1.71. The van der Waals surface area contributed by atoms with Crippen LogP contribution in [0.25, 0.3) is 0 Å². The zero-order valence-corrected chi connectivity index (χ0v) is 15.2. The van der Waals surface area contributed by atoms with Gasteiger partial charge in [0, 0.05) is 10.5 Å². The summed E-state index contributed by atoms with van der Waals surface area (Å²) in [6, 6.07) is 17.4. The molecule has 6 atom stereocenters. The Morgan fingerprint density at radius 1 is 0.885 bits per heavy atom. The average Bonchev–Trinajstić information content (AvgIpc) is 2.71. The molecule has 2 aliphatic heterocycles. The first kappa shape index (κ1) is 18.0. The number of fused-ring (bicyclic) bond motifs is 1. The third kappa shape index (κ3) is 3.41. The van der Waals surface area contributed by atoms with Crippen molar-refractivity contribution in [2.24, 2.45) is 0 Å². The Bertz CT molecular complexity index is 721. The van der Waals surface area contributed by atoms with Gasteiger partial charge in [0.05, 0.1) is 6.61 Å². The van der Waals surface area contributed by atoms with Gasteiger partial charge in [0.1, 0.15) is 30.5 Å². The molecule has 0 spiro atoms. The number of rotatable bonds is 3. The number of hydrogen-bond acceptors (Lipinski definition) is 6. The molecule has 2 aromatic carbocycles. The second kappa shape index (κ2) is 7.68. The molecule has 138 valence electrons. The lowest BCUT2D eigenvalue weighted by Crippen LogP contribution is -2.59. The van der Waals surface area contributed by atoms with E-state index in [-0.39, 0.29) is 0 Å². The van der Waals surface area contributed by atoms with Gasteiger partial charge in [-0.25, -0.2) is 0 Å². The Hall–Kier alpha value is -1.41. The lowest BCUT2D eigenvalue weighted by atomic mass is 9.90. The lowest BCUT2D eigenvalue weighted by Gasteiger charge is -2.46. The molecule has 0 aromatic heterocycles. The van der Waals surface area contributed by atoms with E-state index in [1.807, 2.05) is 60.9 Å². The third-order valence-corrected chi connectivity index (χ3v) is 5.64. The van der Waals surface area contributed by atoms with Crippen molar-refractivity contribution >= 4 is 11.8 Å². The summed E-state index contributed by atoms with van der Waals surface area (Å²) in [6.45, 7) is 0.299. The first-order valence-electron chi connectivity index (χ1n) is 8.65. The summed E-state index contributed by atoms with van der Waals surface area (Å²) in [5.74, 6) is 0. The summed E-state index contributed by atoms with van der Waals surface area (Å²) in [6.07, 6.45) is -2.35. The minimum atomic E-state index is -1.06. The molecular formula is C20H22O5S. The summed E-state index contributed by atoms with van der Waals surface area (Å²) in [4.78, 5) is 1.13. The van der Waals surface area contributed by atoms with Crippen molar-refractivity contribution in [2.45, 2.75) is 41.7 Å². The van der Waals surface area contributed by atoms with E-state index in [0.29, 0.717) is 6.61 Å². The maximum absolute atomic E-state index is 10.7. The molecular weight excluding hydrogens is 352 g/mol. The molecule has 6 heteroatoms. The van der Waals surface area contributed by atoms with Crippen molar-refractivity contribution in [1.29, 1.82) is 0 Å². The van der Waals surface area contributed by atoms with Gasteiger partial charge >= 0.3 is 0 Å². The minimum Gasteiger partial charge on any atom is -0.387 e. The van der Waals surface area contributed by atoms with Crippen LogP contribution in [0.15, 0.2) is 59.5 Å². The number of benzene rings is 2. The van der Waals surface area contributed by atoms with Gasteiger partial charge in [-0.3, -0.25) is 0 Å². The van der Waals surface area contributed by atoms with Crippen LogP contribution in [0.5, 0.6) is 0 Å². The van der Waals surface area contributed by atoms with Gasteiger partial charge in [0.2, 0.25) is 0 Å². The molecule has 5 nitrogen and oxygen atoms in total. The Kier molecular flexibility index (Phi) is 5.31. The van der Waals surface area contributed by atoms with E-state index in [0.717, 1.165) is 16.0 Å². The summed E-state index contributed by atoms with van der Waals surface area (Å²) >= 11 is 1.65. The van der Waals surface area contributed by atoms with Crippen LogP contribution in [0, 0.1) is 0 Å². The summed E-state index contributed by atoms with van der Waals surface area (Å²) in [7, 11) is 0. The standard InChI is InChI=1S/C20H22O5S/c1-26-14-9-7-12(8-10-14)18-16(21)17(22)19-15(24-18)11-23-20(25-19)13-5-3-2-4-6-13/h2-10,15-22H,11H2,1H3/t15-,16-,17-,18+,19-,20?/m1/s1. The van der Waals surface area contributed by atoms with Crippen LogP contribution < -0.4 is 0 Å². The van der Waals surface area contributed by atoms with Crippen LogP contribution in [-0.2, 0) is 14.2 Å². The van der Waals surface area contributed by atoms with Crippen molar-refractivity contribution in [3.8, 4) is 0 Å². The quantitative estimate of drug-likeness (QED) is 0.805. The Labute approximate surface area is 156 Å². The van der Waals surface area contributed by atoms with Crippen molar-refractivity contribution in [3.63, 3.8) is 0 Å². The molecule has 0 radical (unpaired) electrons. The fourth-order valence-electron chi connectivity index (χ4n) is 3.46. The maximum atomic E-state index is 10.7. The minimum absolute atomic E-state index is 0.299. The molecule has 2 heterocycles. The van der Waals surface area contributed by atoms with Gasteiger partial charge in [0.25, 0.3) is 0 Å². The third-order valence-electron chi connectivity index (χ3n) is 4.89. The van der Waals surface area contributed by atoms with Gasteiger partial charge in [-0.1, -0.05) is 42.5 Å². The number of hydrogen-bond donors (Lipinski definition) is 2. The highest BCUT2D eigenvalue weighted by molar-refractivity contribution is 7.98. The Morgan fingerprint density at radius 2 is 1.62 bits per heavy atom.